The van der Waals surface area contributed by atoms with Crippen LogP contribution in [0, 0.1) is 5.41 Å². The third-order valence-corrected chi connectivity index (χ3v) is 6.86. The number of benzene rings is 2. The molecular weight excluding hydrogens is 450 g/mol. The Bertz CT molecular complexity index is 1260. The maximum Gasteiger partial charge on any atom is 0.407 e. The number of carbonyl (C=O) groups excluding carboxylic acids is 2. The molecule has 1 saturated heterocycles. The van der Waals surface area contributed by atoms with Gasteiger partial charge in [-0.15, -0.1) is 0 Å². The molecule has 1 aliphatic carbocycles. The van der Waals surface area contributed by atoms with Gasteiger partial charge in [-0.05, 0) is 35.6 Å². The van der Waals surface area contributed by atoms with Gasteiger partial charge in [-0.3, -0.25) is 9.59 Å². The maximum atomic E-state index is 12.9. The van der Waals surface area contributed by atoms with Gasteiger partial charge < -0.3 is 24.5 Å². The molecule has 0 radical (unpaired) electrons. The molecule has 0 spiro atoms. The molecule has 9 nitrogen and oxygen atoms in total. The average Bonchev–Trinajstić information content (AvgIpc) is 3.57. The summed E-state index contributed by atoms with van der Waals surface area (Å²) >= 11 is 0. The van der Waals surface area contributed by atoms with E-state index in [0.717, 1.165) is 28.6 Å². The Balaban J connectivity index is 1.20. The smallest absolute Gasteiger partial charge is 0.407 e. The van der Waals surface area contributed by atoms with E-state index in [2.05, 4.69) is 22.4 Å². The number of carboxylic acid groups (broad SMARTS) is 1. The van der Waals surface area contributed by atoms with Gasteiger partial charge in [0, 0.05) is 19.0 Å². The molecule has 2 amide bonds. The number of fused-ring (bicyclic) bond motifs is 3. The van der Waals surface area contributed by atoms with Crippen molar-refractivity contribution in [3.8, 4) is 11.1 Å². The monoisotopic (exact) mass is 475 g/mol. The van der Waals surface area contributed by atoms with Crippen molar-refractivity contribution in [1.29, 1.82) is 0 Å². The lowest BCUT2D eigenvalue weighted by atomic mass is 9.90. The fourth-order valence-corrected chi connectivity index (χ4v) is 4.83. The summed E-state index contributed by atoms with van der Waals surface area (Å²) in [5, 5.41) is 12.0. The molecule has 35 heavy (non-hydrogen) atoms. The predicted molar refractivity (Wildman–Crippen MR) is 125 cm³/mol. The first-order valence-electron chi connectivity index (χ1n) is 11.4. The molecular formula is C26H25N3O6. The zero-order chi connectivity index (χ0) is 24.6. The maximum absolute atomic E-state index is 12.9. The molecule has 2 N–H and O–H groups in total. The number of hydrogen-bond acceptors (Lipinski definition) is 6. The van der Waals surface area contributed by atoms with Crippen molar-refractivity contribution in [1.82, 2.24) is 15.2 Å². The van der Waals surface area contributed by atoms with Gasteiger partial charge >= 0.3 is 12.1 Å². The number of amides is 2. The van der Waals surface area contributed by atoms with Crippen molar-refractivity contribution in [3.05, 3.63) is 77.5 Å². The molecule has 2 aromatic carbocycles. The van der Waals surface area contributed by atoms with Gasteiger partial charge in [0.2, 0.25) is 0 Å². The van der Waals surface area contributed by atoms with Crippen molar-refractivity contribution >= 4 is 18.0 Å². The quantitative estimate of drug-likeness (QED) is 0.558. The summed E-state index contributed by atoms with van der Waals surface area (Å²) < 4.78 is 10.8. The Hall–Kier alpha value is -4.14. The van der Waals surface area contributed by atoms with E-state index in [1.165, 1.54) is 4.90 Å². The van der Waals surface area contributed by atoms with Crippen LogP contribution in [0.5, 0.6) is 0 Å². The average molecular weight is 476 g/mol. The minimum absolute atomic E-state index is 0.0542. The van der Waals surface area contributed by atoms with E-state index in [1.54, 1.807) is 6.92 Å². The topological polar surface area (TPSA) is 122 Å². The van der Waals surface area contributed by atoms with E-state index in [1.807, 2.05) is 36.4 Å². The molecule has 1 fully saturated rings. The first-order valence-corrected chi connectivity index (χ1v) is 11.4. The molecule has 1 atom stereocenters. The highest BCUT2D eigenvalue weighted by atomic mass is 16.5. The summed E-state index contributed by atoms with van der Waals surface area (Å²) in [5.74, 6) is -1.24. The van der Waals surface area contributed by atoms with Crippen molar-refractivity contribution in [3.63, 3.8) is 0 Å². The molecule has 1 aromatic heterocycles. The normalized spacial score (nSPS) is 18.7. The Labute approximate surface area is 201 Å². The van der Waals surface area contributed by atoms with E-state index in [4.69, 9.17) is 9.15 Å². The molecule has 0 bridgehead atoms. The van der Waals surface area contributed by atoms with E-state index < -0.39 is 23.4 Å². The molecule has 1 aliphatic heterocycles. The number of carboxylic acids is 1. The second-order valence-electron chi connectivity index (χ2n) is 9.15. The molecule has 180 valence electrons. The highest BCUT2D eigenvalue weighted by Crippen LogP contribution is 2.44. The number of nitrogens with zero attached hydrogens (tertiary/aromatic N) is 2. The van der Waals surface area contributed by atoms with E-state index in [9.17, 15) is 19.5 Å². The van der Waals surface area contributed by atoms with Crippen molar-refractivity contribution in [2.75, 3.05) is 19.7 Å². The third-order valence-electron chi connectivity index (χ3n) is 6.86. The number of aliphatic carboxylic acids is 1. The lowest BCUT2D eigenvalue weighted by Gasteiger charge is -2.19. The second-order valence-corrected chi connectivity index (χ2v) is 9.15. The minimum Gasteiger partial charge on any atom is -0.481 e. The van der Waals surface area contributed by atoms with Gasteiger partial charge in [0.1, 0.15) is 6.61 Å². The van der Waals surface area contributed by atoms with Crippen LogP contribution in [-0.2, 0) is 16.1 Å². The van der Waals surface area contributed by atoms with Gasteiger partial charge in [-0.2, -0.15) is 0 Å². The van der Waals surface area contributed by atoms with Crippen LogP contribution in [0.3, 0.4) is 0 Å². The van der Waals surface area contributed by atoms with Crippen molar-refractivity contribution < 1.29 is 28.6 Å². The first kappa shape index (κ1) is 22.6. The zero-order valence-corrected chi connectivity index (χ0v) is 19.2. The highest BCUT2D eigenvalue weighted by molar-refractivity contribution is 5.94. The summed E-state index contributed by atoms with van der Waals surface area (Å²) in [7, 11) is 0. The van der Waals surface area contributed by atoms with Crippen LogP contribution in [0.25, 0.3) is 11.1 Å². The molecule has 0 saturated carbocycles. The second kappa shape index (κ2) is 8.90. The Morgan fingerprint density at radius 1 is 1.14 bits per heavy atom. The number of aromatic nitrogens is 1. The van der Waals surface area contributed by atoms with Crippen LogP contribution in [-0.4, -0.2) is 52.7 Å². The molecule has 5 rings (SSSR count). The summed E-state index contributed by atoms with van der Waals surface area (Å²) in [5.41, 5.74) is 3.58. The Kier molecular flexibility index (Phi) is 5.76. The van der Waals surface area contributed by atoms with Gasteiger partial charge in [0.25, 0.3) is 5.91 Å². The number of nitrogens with one attached hydrogen (secondary N) is 1. The fraction of sp³-hybridized carbons (Fsp3) is 0.308. The number of rotatable bonds is 6. The Morgan fingerprint density at radius 2 is 1.80 bits per heavy atom. The van der Waals surface area contributed by atoms with Crippen molar-refractivity contribution in [2.24, 2.45) is 5.41 Å². The number of likely N-dealkylation sites (tertiary alicyclic amines) is 1. The summed E-state index contributed by atoms with van der Waals surface area (Å²) in [4.78, 5) is 42.3. The number of oxazole rings is 1. The van der Waals surface area contributed by atoms with E-state index in [-0.39, 0.29) is 37.1 Å². The third kappa shape index (κ3) is 4.14. The number of hydrogen-bond donors (Lipinski definition) is 2. The predicted octanol–water partition coefficient (Wildman–Crippen LogP) is 3.65. The number of carbonyl (C=O) groups is 3. The van der Waals surface area contributed by atoms with Gasteiger partial charge in [0.05, 0.1) is 12.0 Å². The summed E-state index contributed by atoms with van der Waals surface area (Å²) in [6.07, 6.45) is 0.856. The number of ether oxygens (including phenoxy) is 1. The first-order chi connectivity index (χ1) is 16.9. The van der Waals surface area contributed by atoms with Gasteiger partial charge in [-0.1, -0.05) is 48.5 Å². The lowest BCUT2D eigenvalue weighted by molar-refractivity contribution is -0.147. The summed E-state index contributed by atoms with van der Waals surface area (Å²) in [6.45, 7) is 2.11. The van der Waals surface area contributed by atoms with Crippen LogP contribution in [0.1, 0.15) is 46.6 Å². The molecule has 2 aliphatic rings. The standard InChI is InChI=1S/C26H25N3O6/c1-26(24(31)32)10-11-29(14-26)23(30)22-21(35-15-28-22)12-27-25(33)34-13-20-18-8-4-2-6-16(18)17-7-3-5-9-19(17)20/h2-9,15,20H,10-14H2,1H3,(H,27,33)(H,31,32). The van der Waals surface area contributed by atoms with Crippen LogP contribution in [0.4, 0.5) is 4.79 Å². The summed E-state index contributed by atoms with van der Waals surface area (Å²) in [6, 6.07) is 16.1. The van der Waals surface area contributed by atoms with Crippen LogP contribution in [0.2, 0.25) is 0 Å². The van der Waals surface area contributed by atoms with Crippen molar-refractivity contribution in [2.45, 2.75) is 25.8 Å². The molecule has 2 heterocycles. The Morgan fingerprint density at radius 3 is 2.43 bits per heavy atom. The molecule has 1 unspecified atom stereocenters. The van der Waals surface area contributed by atoms with Crippen LogP contribution < -0.4 is 5.32 Å². The largest absolute Gasteiger partial charge is 0.481 e. The molecule has 3 aromatic rings. The molecule has 9 heteroatoms. The van der Waals surface area contributed by atoms with Crippen LogP contribution >= 0.6 is 0 Å². The van der Waals surface area contributed by atoms with Crippen LogP contribution in [0.15, 0.2) is 59.3 Å². The highest BCUT2D eigenvalue weighted by Gasteiger charge is 2.43. The fourth-order valence-electron chi connectivity index (χ4n) is 4.83. The van der Waals surface area contributed by atoms with Gasteiger partial charge in [0.15, 0.2) is 17.8 Å². The number of alkyl carbamates (subject to hydrolysis) is 1. The minimum atomic E-state index is -0.987. The lowest BCUT2D eigenvalue weighted by Crippen LogP contribution is -2.35. The van der Waals surface area contributed by atoms with Gasteiger partial charge in [-0.25, -0.2) is 9.78 Å². The van der Waals surface area contributed by atoms with E-state index >= 15 is 0 Å². The zero-order valence-electron chi connectivity index (χ0n) is 19.2. The van der Waals surface area contributed by atoms with E-state index in [0.29, 0.717) is 13.0 Å². The SMILES string of the molecule is CC1(C(=O)O)CCN(C(=O)c2ncoc2CNC(=O)OCC2c3ccccc3-c3ccccc32)C1.